The van der Waals surface area contributed by atoms with Gasteiger partial charge < -0.3 is 10.6 Å². The van der Waals surface area contributed by atoms with Crippen LogP contribution in [0.5, 0.6) is 0 Å². The fourth-order valence-electron chi connectivity index (χ4n) is 1.56. The van der Waals surface area contributed by atoms with Crippen molar-refractivity contribution >= 4 is 40.0 Å². The Morgan fingerprint density at radius 2 is 1.71 bits per heavy atom. The van der Waals surface area contributed by atoms with Gasteiger partial charge in [0, 0.05) is 26.2 Å². The SMILES string of the molecule is CCCCCCN=C(NCC)NCCNS(=O)(=O)CC.I. The van der Waals surface area contributed by atoms with Gasteiger partial charge in [-0.25, -0.2) is 13.1 Å². The molecule has 3 N–H and O–H groups in total. The average molecular weight is 434 g/mol. The Bertz CT molecular complexity index is 361. The van der Waals surface area contributed by atoms with E-state index in [0.717, 1.165) is 25.5 Å². The number of nitrogens with one attached hydrogen (secondary N) is 3. The fourth-order valence-corrected chi connectivity index (χ4v) is 2.18. The van der Waals surface area contributed by atoms with Crippen molar-refractivity contribution in [2.45, 2.75) is 46.5 Å². The van der Waals surface area contributed by atoms with Gasteiger partial charge in [0.1, 0.15) is 0 Å². The molecule has 0 aliphatic heterocycles. The van der Waals surface area contributed by atoms with Crippen molar-refractivity contribution in [2.75, 3.05) is 31.9 Å². The number of aliphatic imine (C=N–C) groups is 1. The molecule has 0 saturated heterocycles. The molecule has 0 bridgehead atoms. The van der Waals surface area contributed by atoms with Gasteiger partial charge in [-0.3, -0.25) is 4.99 Å². The molecule has 0 fully saturated rings. The van der Waals surface area contributed by atoms with Crippen LogP contribution in [0.3, 0.4) is 0 Å². The number of halogens is 1. The summed E-state index contributed by atoms with van der Waals surface area (Å²) in [5.41, 5.74) is 0. The summed E-state index contributed by atoms with van der Waals surface area (Å²) in [6, 6.07) is 0. The van der Waals surface area contributed by atoms with Gasteiger partial charge in [-0.15, -0.1) is 24.0 Å². The molecule has 0 spiro atoms. The maximum absolute atomic E-state index is 11.3. The minimum atomic E-state index is -3.11. The Kier molecular flexibility index (Phi) is 16.4. The van der Waals surface area contributed by atoms with E-state index in [2.05, 4.69) is 27.3 Å². The van der Waals surface area contributed by atoms with Gasteiger partial charge in [0.25, 0.3) is 0 Å². The normalized spacial score (nSPS) is 11.9. The second-order valence-corrected chi connectivity index (χ2v) is 6.64. The topological polar surface area (TPSA) is 82.6 Å². The van der Waals surface area contributed by atoms with Crippen LogP contribution in [0.15, 0.2) is 4.99 Å². The molecule has 0 radical (unpaired) electrons. The highest BCUT2D eigenvalue weighted by atomic mass is 127. The van der Waals surface area contributed by atoms with Gasteiger partial charge in [0.2, 0.25) is 10.0 Å². The van der Waals surface area contributed by atoms with Crippen molar-refractivity contribution in [3.05, 3.63) is 0 Å². The van der Waals surface area contributed by atoms with Crippen molar-refractivity contribution in [1.29, 1.82) is 0 Å². The molecular formula is C13H31IN4O2S. The highest BCUT2D eigenvalue weighted by Crippen LogP contribution is 1.98. The molecule has 6 nitrogen and oxygen atoms in total. The number of nitrogens with zero attached hydrogens (tertiary/aromatic N) is 1. The molecule has 0 aromatic rings. The summed E-state index contributed by atoms with van der Waals surface area (Å²) in [6.45, 7) is 8.31. The standard InChI is InChI=1S/C13H30N4O2S.HI/c1-4-7-8-9-10-15-13(14-5-2)16-11-12-17-20(18,19)6-3;/h17H,4-12H2,1-3H3,(H2,14,15,16);1H. The zero-order valence-corrected chi connectivity index (χ0v) is 16.6. The van der Waals surface area contributed by atoms with Crippen LogP contribution in [0.4, 0.5) is 0 Å². The molecule has 0 atom stereocenters. The summed E-state index contributed by atoms with van der Waals surface area (Å²) in [5.74, 6) is 0.859. The van der Waals surface area contributed by atoms with Crippen LogP contribution in [0.2, 0.25) is 0 Å². The third-order valence-corrected chi connectivity index (χ3v) is 4.15. The lowest BCUT2D eigenvalue weighted by Crippen LogP contribution is -2.41. The molecule has 0 aliphatic rings. The fraction of sp³-hybridized carbons (Fsp3) is 0.923. The Balaban J connectivity index is 0. The Hall–Kier alpha value is -0.0900. The third kappa shape index (κ3) is 14.6. The Labute approximate surface area is 147 Å². The highest BCUT2D eigenvalue weighted by molar-refractivity contribution is 14.0. The van der Waals surface area contributed by atoms with E-state index < -0.39 is 10.0 Å². The number of unbranched alkanes of at least 4 members (excludes halogenated alkanes) is 3. The monoisotopic (exact) mass is 434 g/mol. The molecule has 0 rings (SSSR count). The van der Waals surface area contributed by atoms with Crippen LogP contribution in [0, 0.1) is 0 Å². The van der Waals surface area contributed by atoms with Crippen molar-refractivity contribution in [3.8, 4) is 0 Å². The van der Waals surface area contributed by atoms with Gasteiger partial charge in [-0.05, 0) is 20.3 Å². The summed E-state index contributed by atoms with van der Waals surface area (Å²) in [4.78, 5) is 4.46. The Morgan fingerprint density at radius 1 is 1.00 bits per heavy atom. The first kappa shape index (κ1) is 23.2. The molecule has 0 amide bonds. The van der Waals surface area contributed by atoms with E-state index in [4.69, 9.17) is 0 Å². The van der Waals surface area contributed by atoms with Crippen LogP contribution in [-0.4, -0.2) is 46.3 Å². The summed E-state index contributed by atoms with van der Waals surface area (Å²) in [7, 11) is -3.11. The van der Waals surface area contributed by atoms with Crippen molar-refractivity contribution in [2.24, 2.45) is 4.99 Å². The Morgan fingerprint density at radius 3 is 2.29 bits per heavy atom. The van der Waals surface area contributed by atoms with Gasteiger partial charge in [-0.1, -0.05) is 26.2 Å². The third-order valence-electron chi connectivity index (χ3n) is 2.75. The molecule has 8 heteroatoms. The van der Waals surface area contributed by atoms with Gasteiger partial charge in [0.15, 0.2) is 5.96 Å². The second-order valence-electron chi connectivity index (χ2n) is 4.55. The van der Waals surface area contributed by atoms with E-state index >= 15 is 0 Å². The van der Waals surface area contributed by atoms with E-state index in [1.54, 1.807) is 6.92 Å². The number of sulfonamides is 1. The summed E-state index contributed by atoms with van der Waals surface area (Å²) in [6.07, 6.45) is 4.76. The largest absolute Gasteiger partial charge is 0.357 e. The lowest BCUT2D eigenvalue weighted by atomic mass is 10.2. The molecule has 0 saturated carbocycles. The minimum Gasteiger partial charge on any atom is -0.357 e. The molecule has 0 aromatic heterocycles. The van der Waals surface area contributed by atoms with Gasteiger partial charge >= 0.3 is 0 Å². The van der Waals surface area contributed by atoms with E-state index in [0.29, 0.717) is 13.1 Å². The first-order chi connectivity index (χ1) is 9.55. The first-order valence-corrected chi connectivity index (χ1v) is 9.20. The van der Waals surface area contributed by atoms with Crippen LogP contribution in [0.1, 0.15) is 46.5 Å². The van der Waals surface area contributed by atoms with Crippen molar-refractivity contribution in [1.82, 2.24) is 15.4 Å². The smallest absolute Gasteiger partial charge is 0.211 e. The predicted octanol–water partition coefficient (Wildman–Crippen LogP) is 1.68. The maximum atomic E-state index is 11.3. The molecule has 0 unspecified atom stereocenters. The molecule has 0 heterocycles. The van der Waals surface area contributed by atoms with Crippen LogP contribution in [0.25, 0.3) is 0 Å². The number of hydrogen-bond donors (Lipinski definition) is 3. The average Bonchev–Trinajstić information content (AvgIpc) is 2.43. The maximum Gasteiger partial charge on any atom is 0.211 e. The van der Waals surface area contributed by atoms with Gasteiger partial charge in [0.05, 0.1) is 5.75 Å². The quantitative estimate of drug-likeness (QED) is 0.200. The van der Waals surface area contributed by atoms with Crippen molar-refractivity contribution in [3.63, 3.8) is 0 Å². The number of guanidine groups is 1. The number of rotatable bonds is 11. The lowest BCUT2D eigenvalue weighted by molar-refractivity contribution is 0.581. The first-order valence-electron chi connectivity index (χ1n) is 7.55. The molecule has 0 aromatic carbocycles. The van der Waals surface area contributed by atoms with Crippen LogP contribution < -0.4 is 15.4 Å². The molecular weight excluding hydrogens is 403 g/mol. The summed E-state index contributed by atoms with van der Waals surface area (Å²) < 4.78 is 25.0. The number of hydrogen-bond acceptors (Lipinski definition) is 3. The summed E-state index contributed by atoms with van der Waals surface area (Å²) in [5, 5.41) is 6.27. The van der Waals surface area contributed by atoms with E-state index in [9.17, 15) is 8.42 Å². The van der Waals surface area contributed by atoms with Gasteiger partial charge in [-0.2, -0.15) is 0 Å². The summed E-state index contributed by atoms with van der Waals surface area (Å²) >= 11 is 0. The van der Waals surface area contributed by atoms with Crippen LogP contribution in [-0.2, 0) is 10.0 Å². The highest BCUT2D eigenvalue weighted by Gasteiger charge is 2.04. The zero-order valence-electron chi connectivity index (χ0n) is 13.4. The second kappa shape index (κ2) is 14.8. The molecule has 128 valence electrons. The van der Waals surface area contributed by atoms with E-state index in [-0.39, 0.29) is 29.7 Å². The van der Waals surface area contributed by atoms with Crippen LogP contribution >= 0.6 is 24.0 Å². The predicted molar refractivity (Wildman–Crippen MR) is 101 cm³/mol. The lowest BCUT2D eigenvalue weighted by Gasteiger charge is -2.11. The zero-order chi connectivity index (χ0) is 15.3. The molecule has 21 heavy (non-hydrogen) atoms. The van der Waals surface area contributed by atoms with E-state index in [1.807, 2.05) is 6.92 Å². The van der Waals surface area contributed by atoms with Crippen molar-refractivity contribution < 1.29 is 8.42 Å². The van der Waals surface area contributed by atoms with E-state index in [1.165, 1.54) is 19.3 Å². The minimum absolute atomic E-state index is 0. The molecule has 0 aliphatic carbocycles.